The summed E-state index contributed by atoms with van der Waals surface area (Å²) >= 11 is 0. The van der Waals surface area contributed by atoms with Crippen molar-refractivity contribution in [2.45, 2.75) is 37.5 Å². The highest BCUT2D eigenvalue weighted by molar-refractivity contribution is 7.92. The first kappa shape index (κ1) is 18.3. The Morgan fingerprint density at radius 1 is 1.00 bits per heavy atom. The van der Waals surface area contributed by atoms with E-state index in [1.165, 1.54) is 13.8 Å². The van der Waals surface area contributed by atoms with Gasteiger partial charge in [0, 0.05) is 5.56 Å². The Bertz CT molecular complexity index is 847. The fourth-order valence-corrected chi connectivity index (χ4v) is 3.30. The van der Waals surface area contributed by atoms with Gasteiger partial charge in [0.05, 0.1) is 5.25 Å². The molecule has 2 rings (SSSR count). The SMILES string of the molecule is Cc1c(F)c(F)c(S(=O)(=O)C(C)C)c(OCc2ccccc2)c1F. The van der Waals surface area contributed by atoms with E-state index < -0.39 is 48.7 Å². The van der Waals surface area contributed by atoms with Crippen LogP contribution in [0.5, 0.6) is 5.75 Å². The molecule has 0 bridgehead atoms. The summed E-state index contributed by atoms with van der Waals surface area (Å²) in [5, 5.41) is -1.06. The maximum atomic E-state index is 14.4. The summed E-state index contributed by atoms with van der Waals surface area (Å²) < 4.78 is 72.5. The number of hydrogen-bond donors (Lipinski definition) is 0. The molecule has 7 heteroatoms. The van der Waals surface area contributed by atoms with E-state index in [1.807, 2.05) is 0 Å². The summed E-state index contributed by atoms with van der Waals surface area (Å²) in [7, 11) is -4.28. The highest BCUT2D eigenvalue weighted by Crippen LogP contribution is 2.36. The molecule has 130 valence electrons. The van der Waals surface area contributed by atoms with Crippen LogP contribution in [0.4, 0.5) is 13.2 Å². The molecule has 0 saturated heterocycles. The van der Waals surface area contributed by atoms with Crippen LogP contribution in [-0.4, -0.2) is 13.7 Å². The van der Waals surface area contributed by atoms with Crippen LogP contribution in [-0.2, 0) is 16.4 Å². The number of rotatable bonds is 5. The fourth-order valence-electron chi connectivity index (χ4n) is 2.08. The monoisotopic (exact) mass is 358 g/mol. The molecule has 0 fully saturated rings. The minimum absolute atomic E-state index is 0.178. The number of benzene rings is 2. The largest absolute Gasteiger partial charge is 0.484 e. The van der Waals surface area contributed by atoms with E-state index >= 15 is 0 Å². The molecule has 0 heterocycles. The van der Waals surface area contributed by atoms with Crippen LogP contribution < -0.4 is 4.74 Å². The van der Waals surface area contributed by atoms with Crippen LogP contribution in [0.15, 0.2) is 35.2 Å². The summed E-state index contributed by atoms with van der Waals surface area (Å²) in [6.45, 7) is 3.44. The van der Waals surface area contributed by atoms with Crippen LogP contribution in [0, 0.1) is 24.4 Å². The quantitative estimate of drug-likeness (QED) is 0.754. The van der Waals surface area contributed by atoms with Crippen LogP contribution in [0.25, 0.3) is 0 Å². The van der Waals surface area contributed by atoms with Gasteiger partial charge in [-0.2, -0.15) is 0 Å². The highest BCUT2D eigenvalue weighted by atomic mass is 32.2. The molecule has 0 unspecified atom stereocenters. The lowest BCUT2D eigenvalue weighted by Crippen LogP contribution is -2.19. The van der Waals surface area contributed by atoms with Gasteiger partial charge in [-0.3, -0.25) is 0 Å². The Balaban J connectivity index is 2.61. The molecule has 0 saturated carbocycles. The molecule has 2 aromatic rings. The molecule has 0 atom stereocenters. The van der Waals surface area contributed by atoms with Crippen LogP contribution in [0.3, 0.4) is 0 Å². The second-order valence-corrected chi connectivity index (χ2v) is 8.03. The second kappa shape index (κ2) is 6.84. The number of hydrogen-bond acceptors (Lipinski definition) is 3. The topological polar surface area (TPSA) is 43.4 Å². The summed E-state index contributed by atoms with van der Waals surface area (Å²) in [6.07, 6.45) is 0. The van der Waals surface area contributed by atoms with Crippen LogP contribution >= 0.6 is 0 Å². The molecule has 0 amide bonds. The summed E-state index contributed by atoms with van der Waals surface area (Å²) in [5.41, 5.74) is 0.00505. The Kier molecular flexibility index (Phi) is 5.22. The van der Waals surface area contributed by atoms with Gasteiger partial charge in [0.2, 0.25) is 0 Å². The third kappa shape index (κ3) is 3.26. The molecule has 2 aromatic carbocycles. The van der Waals surface area contributed by atoms with Crippen LogP contribution in [0.1, 0.15) is 25.0 Å². The van der Waals surface area contributed by atoms with Gasteiger partial charge in [-0.1, -0.05) is 30.3 Å². The van der Waals surface area contributed by atoms with Gasteiger partial charge in [0.25, 0.3) is 0 Å². The normalized spacial score (nSPS) is 11.8. The first-order valence-corrected chi connectivity index (χ1v) is 8.80. The summed E-state index contributed by atoms with van der Waals surface area (Å²) in [5.74, 6) is -5.16. The van der Waals surface area contributed by atoms with E-state index in [4.69, 9.17) is 4.74 Å². The average Bonchev–Trinajstić information content (AvgIpc) is 2.55. The second-order valence-electron chi connectivity index (χ2n) is 5.59. The zero-order valence-electron chi connectivity index (χ0n) is 13.4. The van der Waals surface area contributed by atoms with E-state index in [0.29, 0.717) is 5.56 Å². The summed E-state index contributed by atoms with van der Waals surface area (Å²) in [4.78, 5) is -1.07. The highest BCUT2D eigenvalue weighted by Gasteiger charge is 2.34. The van der Waals surface area contributed by atoms with E-state index in [9.17, 15) is 21.6 Å². The first-order chi connectivity index (χ1) is 11.2. The van der Waals surface area contributed by atoms with Crippen molar-refractivity contribution >= 4 is 9.84 Å². The van der Waals surface area contributed by atoms with Crippen molar-refractivity contribution in [1.82, 2.24) is 0 Å². The van der Waals surface area contributed by atoms with Gasteiger partial charge in [-0.25, -0.2) is 21.6 Å². The van der Waals surface area contributed by atoms with Gasteiger partial charge < -0.3 is 4.74 Å². The zero-order valence-corrected chi connectivity index (χ0v) is 14.3. The van der Waals surface area contributed by atoms with E-state index in [2.05, 4.69) is 0 Å². The standard InChI is InChI=1S/C17H17F3O3S/c1-10(2)24(21,22)17-15(20)13(18)11(3)14(19)16(17)23-9-12-7-5-4-6-8-12/h4-8,10H,9H2,1-3H3. The molecule has 3 nitrogen and oxygen atoms in total. The van der Waals surface area contributed by atoms with E-state index in [1.54, 1.807) is 30.3 Å². The van der Waals surface area contributed by atoms with Crippen molar-refractivity contribution in [2.75, 3.05) is 0 Å². The third-order valence-electron chi connectivity index (χ3n) is 3.59. The lowest BCUT2D eigenvalue weighted by Gasteiger charge is -2.17. The smallest absolute Gasteiger partial charge is 0.187 e. The van der Waals surface area contributed by atoms with Gasteiger partial charge in [-0.05, 0) is 26.3 Å². The number of ether oxygens (including phenoxy) is 1. The number of sulfone groups is 1. The maximum Gasteiger partial charge on any atom is 0.187 e. The molecule has 0 N–H and O–H groups in total. The lowest BCUT2D eigenvalue weighted by molar-refractivity contribution is 0.273. The minimum Gasteiger partial charge on any atom is -0.484 e. The molecular weight excluding hydrogens is 341 g/mol. The number of halogens is 3. The fraction of sp³-hybridized carbons (Fsp3) is 0.294. The minimum atomic E-state index is -4.28. The molecule has 0 spiro atoms. The van der Waals surface area contributed by atoms with Crippen molar-refractivity contribution in [3.05, 3.63) is 58.9 Å². The predicted molar refractivity (Wildman–Crippen MR) is 84.1 cm³/mol. The molecule has 0 radical (unpaired) electrons. The van der Waals surface area contributed by atoms with Crippen molar-refractivity contribution in [3.8, 4) is 5.75 Å². The Labute approximate surface area is 139 Å². The molecular formula is C17H17F3O3S. The third-order valence-corrected chi connectivity index (χ3v) is 5.76. The maximum absolute atomic E-state index is 14.4. The average molecular weight is 358 g/mol. The molecule has 0 aliphatic carbocycles. The predicted octanol–water partition coefficient (Wildman–Crippen LogP) is 4.17. The molecule has 0 aromatic heterocycles. The lowest BCUT2D eigenvalue weighted by atomic mass is 10.2. The van der Waals surface area contributed by atoms with E-state index in [-0.39, 0.29) is 6.61 Å². The molecule has 24 heavy (non-hydrogen) atoms. The van der Waals surface area contributed by atoms with Gasteiger partial charge in [-0.15, -0.1) is 0 Å². The Morgan fingerprint density at radius 3 is 2.12 bits per heavy atom. The molecule has 0 aliphatic heterocycles. The molecule has 0 aliphatic rings. The van der Waals surface area contributed by atoms with Crippen molar-refractivity contribution in [1.29, 1.82) is 0 Å². The van der Waals surface area contributed by atoms with Crippen LogP contribution in [0.2, 0.25) is 0 Å². The Morgan fingerprint density at radius 2 is 1.58 bits per heavy atom. The van der Waals surface area contributed by atoms with Crippen molar-refractivity contribution in [2.24, 2.45) is 0 Å². The van der Waals surface area contributed by atoms with Gasteiger partial charge in [0.15, 0.2) is 37.9 Å². The van der Waals surface area contributed by atoms with Gasteiger partial charge >= 0.3 is 0 Å². The van der Waals surface area contributed by atoms with E-state index in [0.717, 1.165) is 6.92 Å². The van der Waals surface area contributed by atoms with Gasteiger partial charge in [0.1, 0.15) is 6.61 Å². The first-order valence-electron chi connectivity index (χ1n) is 7.25. The zero-order chi connectivity index (χ0) is 18.1. The Hall–Kier alpha value is -2.02. The van der Waals surface area contributed by atoms with Crippen molar-refractivity contribution < 1.29 is 26.3 Å². The summed E-state index contributed by atoms with van der Waals surface area (Å²) in [6, 6.07) is 8.57. The van der Waals surface area contributed by atoms with Crippen molar-refractivity contribution in [3.63, 3.8) is 0 Å².